The third-order valence-electron chi connectivity index (χ3n) is 8.07. The fraction of sp³-hybridized carbons (Fsp3) is 0.696. The quantitative estimate of drug-likeness (QED) is 0.811. The van der Waals surface area contributed by atoms with Crippen LogP contribution < -0.4 is 5.73 Å². The summed E-state index contributed by atoms with van der Waals surface area (Å²) in [6.07, 6.45) is 8.14. The van der Waals surface area contributed by atoms with Crippen LogP contribution in [0.15, 0.2) is 24.3 Å². The van der Waals surface area contributed by atoms with Crippen molar-refractivity contribution in [2.24, 2.45) is 35.3 Å². The number of fused-ring (bicyclic) bond motifs is 3. The lowest BCUT2D eigenvalue weighted by molar-refractivity contribution is -0.170. The Morgan fingerprint density at radius 3 is 2.46 bits per heavy atom. The zero-order valence-electron chi connectivity index (χ0n) is 16.8. The maximum atomic E-state index is 11.7. The molecule has 2 bridgehead atoms. The number of carbonyl (C=O) groups excluding carboxylic acids is 1. The van der Waals surface area contributed by atoms with Crippen LogP contribution in [0, 0.1) is 29.6 Å². The summed E-state index contributed by atoms with van der Waals surface area (Å²) in [7, 11) is 1.86. The first-order valence-electron chi connectivity index (χ1n) is 10.8. The van der Waals surface area contributed by atoms with E-state index in [9.17, 15) is 4.79 Å². The number of halogens is 1. The van der Waals surface area contributed by atoms with Gasteiger partial charge in [-0.2, -0.15) is 0 Å². The molecule has 4 aliphatic rings. The summed E-state index contributed by atoms with van der Waals surface area (Å²) >= 11 is 0. The third kappa shape index (κ3) is 3.28. The number of piperidine rings is 1. The lowest BCUT2D eigenvalue weighted by Crippen LogP contribution is -2.59. The number of ether oxygens (including phenoxy) is 1. The highest BCUT2D eigenvalue weighted by molar-refractivity contribution is 5.92. The molecule has 28 heavy (non-hydrogen) atoms. The van der Waals surface area contributed by atoms with Gasteiger partial charge in [0.2, 0.25) is 5.91 Å². The number of nitrogens with two attached hydrogens (primary N) is 1. The molecule has 1 heterocycles. The number of methoxy groups -OCH3 is 1. The van der Waals surface area contributed by atoms with E-state index in [-0.39, 0.29) is 23.9 Å². The van der Waals surface area contributed by atoms with E-state index in [2.05, 4.69) is 11.0 Å². The first-order chi connectivity index (χ1) is 13.1. The number of nitrogens with zero attached hydrogens (tertiary/aromatic N) is 1. The standard InChI is InChI=1S/C23H32N2O2.ClH/c1-27-23(19-5-2-4-16(11-19)22(24)26)20-6-3-7-21(23)14-25(13-20)12-15-8-17-10-18(17)9-15;/h2,4-5,11,15,17-18,20-21H,3,6-10,12-14H2,1H3,(H2,24,26);1H/t15?,17-,18+,20?,21?,23?;. The second-order valence-corrected chi connectivity index (χ2v) is 9.58. The highest BCUT2D eigenvalue weighted by atomic mass is 35.5. The average Bonchev–Trinajstić information content (AvgIpc) is 3.27. The highest BCUT2D eigenvalue weighted by Crippen LogP contribution is 2.55. The molecular formula is C23H33ClN2O2. The first-order valence-corrected chi connectivity index (χ1v) is 10.8. The van der Waals surface area contributed by atoms with Crippen LogP contribution in [-0.2, 0) is 10.3 Å². The van der Waals surface area contributed by atoms with Gasteiger partial charge < -0.3 is 15.4 Å². The highest BCUT2D eigenvalue weighted by Gasteiger charge is 2.54. The summed E-state index contributed by atoms with van der Waals surface area (Å²) in [5, 5.41) is 0. The topological polar surface area (TPSA) is 55.6 Å². The zero-order valence-corrected chi connectivity index (χ0v) is 17.6. The van der Waals surface area contributed by atoms with Gasteiger partial charge in [0.1, 0.15) is 5.60 Å². The van der Waals surface area contributed by atoms with Gasteiger partial charge in [-0.1, -0.05) is 18.6 Å². The van der Waals surface area contributed by atoms with Crippen LogP contribution in [0.5, 0.6) is 0 Å². The van der Waals surface area contributed by atoms with Crippen LogP contribution in [0.25, 0.3) is 0 Å². The Bertz CT molecular complexity index is 715. The van der Waals surface area contributed by atoms with Crippen molar-refractivity contribution in [3.8, 4) is 0 Å². The van der Waals surface area contributed by atoms with Crippen molar-refractivity contribution in [1.82, 2.24) is 4.90 Å². The number of benzene rings is 1. The molecule has 5 heteroatoms. The van der Waals surface area contributed by atoms with Gasteiger partial charge in [0.15, 0.2) is 0 Å². The van der Waals surface area contributed by atoms with E-state index in [0.717, 1.165) is 36.4 Å². The van der Waals surface area contributed by atoms with Crippen LogP contribution in [0.2, 0.25) is 0 Å². The van der Waals surface area contributed by atoms with E-state index in [0.29, 0.717) is 17.4 Å². The van der Waals surface area contributed by atoms with Crippen molar-refractivity contribution in [3.05, 3.63) is 35.4 Å². The number of likely N-dealkylation sites (tertiary alicyclic amines) is 1. The number of carbonyl (C=O) groups is 1. The van der Waals surface area contributed by atoms with Crippen molar-refractivity contribution in [2.45, 2.75) is 44.1 Å². The van der Waals surface area contributed by atoms with Crippen LogP contribution in [0.4, 0.5) is 0 Å². The molecular weight excluding hydrogens is 372 g/mol. The molecule has 3 saturated carbocycles. The van der Waals surface area contributed by atoms with E-state index < -0.39 is 0 Å². The van der Waals surface area contributed by atoms with E-state index in [1.54, 1.807) is 0 Å². The zero-order chi connectivity index (χ0) is 18.6. The van der Waals surface area contributed by atoms with Gasteiger partial charge >= 0.3 is 0 Å². The minimum absolute atomic E-state index is 0. The summed E-state index contributed by atoms with van der Waals surface area (Å²) in [5.74, 6) is 3.68. The fourth-order valence-electron chi connectivity index (χ4n) is 6.87. The van der Waals surface area contributed by atoms with Crippen LogP contribution in [-0.4, -0.2) is 37.6 Å². The molecule has 1 aromatic carbocycles. The summed E-state index contributed by atoms with van der Waals surface area (Å²) in [6.45, 7) is 3.52. The minimum atomic E-state index is -0.356. The monoisotopic (exact) mass is 404 g/mol. The van der Waals surface area contributed by atoms with Gasteiger partial charge in [-0.3, -0.25) is 4.79 Å². The Balaban J connectivity index is 0.00000192. The number of amides is 1. The predicted molar refractivity (Wildman–Crippen MR) is 112 cm³/mol. The van der Waals surface area contributed by atoms with E-state index >= 15 is 0 Å². The van der Waals surface area contributed by atoms with Crippen LogP contribution in [0.1, 0.15) is 54.4 Å². The minimum Gasteiger partial charge on any atom is -0.373 e. The van der Waals surface area contributed by atoms with Gasteiger partial charge in [-0.15, -0.1) is 12.4 Å². The molecule has 2 N–H and O–H groups in total. The maximum absolute atomic E-state index is 11.7. The lowest BCUT2D eigenvalue weighted by atomic mass is 9.62. The summed E-state index contributed by atoms with van der Waals surface area (Å²) in [6, 6.07) is 7.90. The smallest absolute Gasteiger partial charge is 0.248 e. The number of primary amides is 1. The fourth-order valence-corrected chi connectivity index (χ4v) is 6.87. The van der Waals surface area contributed by atoms with Crippen molar-refractivity contribution in [2.75, 3.05) is 26.7 Å². The maximum Gasteiger partial charge on any atom is 0.248 e. The number of hydrogen-bond acceptors (Lipinski definition) is 3. The molecule has 4 nitrogen and oxygen atoms in total. The molecule has 4 fully saturated rings. The van der Waals surface area contributed by atoms with Gasteiger partial charge in [0, 0.05) is 44.1 Å². The summed E-state index contributed by atoms with van der Waals surface area (Å²) < 4.78 is 6.33. The van der Waals surface area contributed by atoms with Crippen molar-refractivity contribution >= 4 is 18.3 Å². The van der Waals surface area contributed by atoms with E-state index in [1.165, 1.54) is 45.1 Å². The summed E-state index contributed by atoms with van der Waals surface area (Å²) in [4.78, 5) is 14.5. The molecule has 0 aromatic heterocycles. The van der Waals surface area contributed by atoms with Crippen molar-refractivity contribution in [3.63, 3.8) is 0 Å². The van der Waals surface area contributed by atoms with Crippen molar-refractivity contribution < 1.29 is 9.53 Å². The largest absolute Gasteiger partial charge is 0.373 e. The molecule has 0 radical (unpaired) electrons. The average molecular weight is 405 g/mol. The molecule has 1 aromatic rings. The second-order valence-electron chi connectivity index (χ2n) is 9.58. The van der Waals surface area contributed by atoms with Gasteiger partial charge in [-0.05, 0) is 67.6 Å². The molecule has 1 aliphatic heterocycles. The van der Waals surface area contributed by atoms with Crippen LogP contribution in [0.3, 0.4) is 0 Å². The molecule has 3 unspecified atom stereocenters. The van der Waals surface area contributed by atoms with Gasteiger partial charge in [0.05, 0.1) is 0 Å². The van der Waals surface area contributed by atoms with Crippen molar-refractivity contribution in [1.29, 1.82) is 0 Å². The Morgan fingerprint density at radius 2 is 1.86 bits per heavy atom. The predicted octanol–water partition coefficient (Wildman–Crippen LogP) is 3.83. The van der Waals surface area contributed by atoms with E-state index in [4.69, 9.17) is 10.5 Å². The second kappa shape index (κ2) is 7.62. The number of rotatable bonds is 5. The Kier molecular flexibility index (Phi) is 5.49. The number of hydrogen-bond donors (Lipinski definition) is 1. The first kappa shape index (κ1) is 20.2. The molecule has 5 rings (SSSR count). The third-order valence-corrected chi connectivity index (χ3v) is 8.07. The van der Waals surface area contributed by atoms with Crippen LogP contribution >= 0.6 is 12.4 Å². The molecule has 154 valence electrons. The normalized spacial score (nSPS) is 39.1. The SMILES string of the molecule is COC1(c2cccc(C(N)=O)c2)C2CCCC1CN(CC1C[C@@H]3C[C@@H]3C1)C2.Cl. The lowest BCUT2D eigenvalue weighted by Gasteiger charge is -2.55. The molecule has 5 atom stereocenters. The van der Waals surface area contributed by atoms with Gasteiger partial charge in [0.25, 0.3) is 0 Å². The Morgan fingerprint density at radius 1 is 1.18 bits per heavy atom. The molecule has 1 saturated heterocycles. The molecule has 1 amide bonds. The van der Waals surface area contributed by atoms with Gasteiger partial charge in [-0.25, -0.2) is 0 Å². The Labute approximate surface area is 174 Å². The summed E-state index contributed by atoms with van der Waals surface area (Å²) in [5.41, 5.74) is 7.03. The molecule has 0 spiro atoms. The molecule has 3 aliphatic carbocycles. The Hall–Kier alpha value is -1.10. The van der Waals surface area contributed by atoms with E-state index in [1.807, 2.05) is 25.3 Å².